The van der Waals surface area contributed by atoms with Gasteiger partial charge in [0.2, 0.25) is 0 Å². The van der Waals surface area contributed by atoms with Crippen molar-refractivity contribution in [1.82, 2.24) is 0 Å². The van der Waals surface area contributed by atoms with E-state index in [1.54, 1.807) is 0 Å². The molecule has 1 aliphatic heterocycles. The molecule has 1 fully saturated rings. The zero-order valence-electron chi connectivity index (χ0n) is 19.5. The highest BCUT2D eigenvalue weighted by molar-refractivity contribution is 5.74. The molecule has 1 saturated heterocycles. The number of aliphatic hydroxyl groups excluding tert-OH is 4. The summed E-state index contributed by atoms with van der Waals surface area (Å²) >= 11 is 0. The van der Waals surface area contributed by atoms with Gasteiger partial charge in [0, 0.05) is 0 Å². The Bertz CT molecular complexity index is 526. The lowest BCUT2D eigenvalue weighted by Crippen LogP contribution is -2.58. The van der Waals surface area contributed by atoms with Crippen molar-refractivity contribution in [3.63, 3.8) is 0 Å². The lowest BCUT2D eigenvalue weighted by atomic mass is 9.88. The van der Waals surface area contributed by atoms with E-state index >= 15 is 0 Å². The first-order valence-electron chi connectivity index (χ1n) is 12.1. The molecule has 6 atom stereocenters. The minimum atomic E-state index is -1.51. The van der Waals surface area contributed by atoms with Gasteiger partial charge in [-0.3, -0.25) is 0 Å². The van der Waals surface area contributed by atoms with E-state index < -0.39 is 55.0 Å². The zero-order chi connectivity index (χ0) is 23.9. The molecule has 4 N–H and O–H groups in total. The highest BCUT2D eigenvalue weighted by Gasteiger charge is 2.44. The topological polar surface area (TPSA) is 143 Å². The molecule has 0 spiro atoms. The maximum absolute atomic E-state index is 12.4. The molecule has 0 bridgehead atoms. The van der Waals surface area contributed by atoms with Gasteiger partial charge in [-0.15, -0.1) is 0 Å². The molecule has 0 aliphatic carbocycles. The Hall–Kier alpha value is -1.26. The van der Waals surface area contributed by atoms with Gasteiger partial charge in [-0.25, -0.2) is 19.4 Å². The molecule has 9 heteroatoms. The Morgan fingerprint density at radius 1 is 0.812 bits per heavy atom. The Labute approximate surface area is 191 Å². The molecule has 1 aliphatic rings. The number of carbonyl (C=O) groups is 2. The molecular weight excluding hydrogens is 420 g/mol. The van der Waals surface area contributed by atoms with E-state index in [4.69, 9.17) is 9.62 Å². The van der Waals surface area contributed by atoms with Crippen molar-refractivity contribution in [3.8, 4) is 0 Å². The molecule has 0 aromatic rings. The molecule has 0 aromatic carbocycles. The summed E-state index contributed by atoms with van der Waals surface area (Å²) in [4.78, 5) is 33.7. The van der Waals surface area contributed by atoms with Crippen molar-refractivity contribution >= 4 is 11.9 Å². The molecule has 0 saturated carbocycles. The molecule has 0 radical (unpaired) electrons. The van der Waals surface area contributed by atoms with Crippen LogP contribution in [0.4, 0.5) is 0 Å². The molecule has 0 amide bonds. The number of hydrogen-bond acceptors (Lipinski definition) is 9. The van der Waals surface area contributed by atoms with E-state index in [1.165, 1.54) is 25.7 Å². The lowest BCUT2D eigenvalue weighted by molar-refractivity contribution is -0.265. The minimum Gasteiger partial charge on any atom is -0.394 e. The predicted molar refractivity (Wildman–Crippen MR) is 116 cm³/mol. The summed E-state index contributed by atoms with van der Waals surface area (Å²) in [7, 11) is 0. The third-order valence-corrected chi connectivity index (χ3v) is 5.93. The average Bonchev–Trinajstić information content (AvgIpc) is 2.79. The molecule has 32 heavy (non-hydrogen) atoms. The summed E-state index contributed by atoms with van der Waals surface area (Å²) in [6, 6.07) is 0. The Kier molecular flexibility index (Phi) is 14.7. The van der Waals surface area contributed by atoms with Crippen molar-refractivity contribution in [3.05, 3.63) is 0 Å². The Balaban J connectivity index is 2.38. The Morgan fingerprint density at radius 3 is 2.00 bits per heavy atom. The summed E-state index contributed by atoms with van der Waals surface area (Å²) < 4.78 is 5.46. The third kappa shape index (κ3) is 10.1. The Morgan fingerprint density at radius 2 is 1.41 bits per heavy atom. The highest BCUT2D eigenvalue weighted by Crippen LogP contribution is 2.28. The smallest absolute Gasteiger partial charge is 0.358 e. The van der Waals surface area contributed by atoms with Gasteiger partial charge >= 0.3 is 11.9 Å². The fraction of sp³-hybridized carbons (Fsp3) is 0.913. The minimum absolute atomic E-state index is 0.0102. The third-order valence-electron chi connectivity index (χ3n) is 5.93. The van der Waals surface area contributed by atoms with E-state index in [2.05, 4.69) is 11.8 Å². The first kappa shape index (κ1) is 28.8. The van der Waals surface area contributed by atoms with Gasteiger partial charge in [-0.2, -0.15) is 0 Å². The number of ether oxygens (including phenoxy) is 1. The summed E-state index contributed by atoms with van der Waals surface area (Å²) in [5.41, 5.74) is 0. The second-order valence-corrected chi connectivity index (χ2v) is 8.67. The van der Waals surface area contributed by atoms with E-state index in [1.807, 2.05) is 6.92 Å². The summed E-state index contributed by atoms with van der Waals surface area (Å²) in [6.45, 7) is 3.50. The SMILES string of the molecule is CCCCCCCCCCC(=O)OOC(=O)C(CCC)CC1O[C@H](CO)[C@@H](O)[C@H](O)[C@H]1O. The van der Waals surface area contributed by atoms with Crippen LogP contribution in [0.2, 0.25) is 0 Å². The highest BCUT2D eigenvalue weighted by atomic mass is 17.2. The standard InChI is InChI=1S/C23H42O9/c1-3-5-6-7-8-9-10-11-13-19(25)31-32-23(29)16(12-4-2)14-17-20(26)22(28)21(27)18(15-24)30-17/h16-18,20-22,24,26-28H,3-15H2,1-2H3/t16?,17?,18-,20+,21-,22-/m1/s1. The molecular formula is C23H42O9. The van der Waals surface area contributed by atoms with Crippen molar-refractivity contribution < 1.29 is 44.5 Å². The monoisotopic (exact) mass is 462 g/mol. The van der Waals surface area contributed by atoms with Crippen LogP contribution >= 0.6 is 0 Å². The molecule has 188 valence electrons. The van der Waals surface area contributed by atoms with Crippen LogP contribution in [-0.2, 0) is 24.1 Å². The molecule has 9 nitrogen and oxygen atoms in total. The van der Waals surface area contributed by atoms with Crippen LogP contribution in [0.15, 0.2) is 0 Å². The van der Waals surface area contributed by atoms with E-state index in [9.17, 15) is 30.0 Å². The quantitative estimate of drug-likeness (QED) is 0.163. The van der Waals surface area contributed by atoms with Gasteiger partial charge in [-0.05, 0) is 19.3 Å². The van der Waals surface area contributed by atoms with Crippen LogP contribution in [0, 0.1) is 5.92 Å². The first-order valence-corrected chi connectivity index (χ1v) is 12.1. The fourth-order valence-electron chi connectivity index (χ4n) is 3.93. The number of unbranched alkanes of at least 4 members (excludes halogenated alkanes) is 7. The normalized spacial score (nSPS) is 26.5. The number of rotatable bonds is 15. The van der Waals surface area contributed by atoms with Gasteiger partial charge in [-0.1, -0.05) is 65.2 Å². The zero-order valence-corrected chi connectivity index (χ0v) is 19.5. The number of hydrogen-bond donors (Lipinski definition) is 4. The fourth-order valence-corrected chi connectivity index (χ4v) is 3.93. The van der Waals surface area contributed by atoms with Gasteiger partial charge in [0.05, 0.1) is 25.0 Å². The lowest BCUT2D eigenvalue weighted by Gasteiger charge is -2.40. The van der Waals surface area contributed by atoms with Crippen LogP contribution < -0.4 is 0 Å². The molecule has 0 aromatic heterocycles. The van der Waals surface area contributed by atoms with Crippen LogP contribution in [0.25, 0.3) is 0 Å². The number of carbonyl (C=O) groups excluding carboxylic acids is 2. The summed E-state index contributed by atoms with van der Waals surface area (Å²) in [5.74, 6) is -2.10. The van der Waals surface area contributed by atoms with Crippen molar-refractivity contribution in [1.29, 1.82) is 0 Å². The van der Waals surface area contributed by atoms with Gasteiger partial charge in [0.15, 0.2) is 0 Å². The van der Waals surface area contributed by atoms with Gasteiger partial charge in [0.1, 0.15) is 24.4 Å². The van der Waals surface area contributed by atoms with Crippen molar-refractivity contribution in [2.24, 2.45) is 5.92 Å². The van der Waals surface area contributed by atoms with E-state index in [0.717, 1.165) is 19.3 Å². The largest absolute Gasteiger partial charge is 0.394 e. The van der Waals surface area contributed by atoms with E-state index in [0.29, 0.717) is 19.3 Å². The molecule has 2 unspecified atom stereocenters. The van der Waals surface area contributed by atoms with Crippen LogP contribution in [0.1, 0.15) is 90.9 Å². The maximum atomic E-state index is 12.4. The predicted octanol–water partition coefficient (Wildman–Crippen LogP) is 2.17. The number of aliphatic hydroxyl groups is 4. The second kappa shape index (κ2) is 16.4. The first-order chi connectivity index (χ1) is 15.3. The second-order valence-electron chi connectivity index (χ2n) is 8.67. The maximum Gasteiger partial charge on any atom is 0.358 e. The van der Waals surface area contributed by atoms with Gasteiger partial charge in [0.25, 0.3) is 0 Å². The summed E-state index contributed by atoms with van der Waals surface area (Å²) in [5, 5.41) is 39.3. The molecule has 1 rings (SSSR count). The van der Waals surface area contributed by atoms with Crippen LogP contribution in [-0.4, -0.2) is 69.5 Å². The van der Waals surface area contributed by atoms with E-state index in [-0.39, 0.29) is 12.8 Å². The van der Waals surface area contributed by atoms with Crippen LogP contribution in [0.5, 0.6) is 0 Å². The van der Waals surface area contributed by atoms with Crippen molar-refractivity contribution in [2.75, 3.05) is 6.61 Å². The summed E-state index contributed by atoms with van der Waals surface area (Å²) in [6.07, 6.45) is 3.51. The van der Waals surface area contributed by atoms with Gasteiger partial charge < -0.3 is 25.2 Å². The molecule has 1 heterocycles. The average molecular weight is 463 g/mol. The van der Waals surface area contributed by atoms with Crippen molar-refractivity contribution in [2.45, 2.75) is 121 Å². The van der Waals surface area contributed by atoms with Crippen LogP contribution in [0.3, 0.4) is 0 Å².